The highest BCUT2D eigenvalue weighted by Crippen LogP contribution is 2.12. The highest BCUT2D eigenvalue weighted by molar-refractivity contribution is 5.52. The summed E-state index contributed by atoms with van der Waals surface area (Å²) in [5.74, 6) is 0. The molecule has 0 radical (unpaired) electrons. The third kappa shape index (κ3) is 1.75. The Morgan fingerprint density at radius 1 is 1.33 bits per heavy atom. The molecule has 0 aliphatic heterocycles. The molecule has 2 rings (SSSR count). The van der Waals surface area contributed by atoms with Crippen LogP contribution in [0.4, 0.5) is 0 Å². The van der Waals surface area contributed by atoms with Crippen molar-refractivity contribution in [3.63, 3.8) is 0 Å². The Bertz CT molecular complexity index is 252. The van der Waals surface area contributed by atoms with Gasteiger partial charge in [-0.25, -0.2) is 0 Å². The summed E-state index contributed by atoms with van der Waals surface area (Å²) in [5, 5.41) is 3.75. The molecular formula is C9H12N2O. The molecule has 0 spiro atoms. The highest BCUT2D eigenvalue weighted by atomic mass is 16.5. The van der Waals surface area contributed by atoms with Crippen LogP contribution in [0.15, 0.2) is 35.2 Å². The van der Waals surface area contributed by atoms with Gasteiger partial charge in [-0.2, -0.15) is 0 Å². The van der Waals surface area contributed by atoms with Crippen LogP contribution in [0.5, 0.6) is 0 Å². The molecule has 0 saturated carbocycles. The summed E-state index contributed by atoms with van der Waals surface area (Å²) >= 11 is 0. The molecule has 0 unspecified atom stereocenters. The average molecular weight is 164 g/mol. The van der Waals surface area contributed by atoms with Crippen molar-refractivity contribution in [2.45, 2.75) is 13.8 Å². The lowest BCUT2D eigenvalue weighted by molar-refractivity contribution is 0.422. The van der Waals surface area contributed by atoms with Gasteiger partial charge in [0.15, 0.2) is 0 Å². The first-order chi connectivity index (χ1) is 5.97. The zero-order valence-corrected chi connectivity index (χ0v) is 7.24. The molecule has 12 heavy (non-hydrogen) atoms. The summed E-state index contributed by atoms with van der Waals surface area (Å²) in [4.78, 5) is 3.02. The van der Waals surface area contributed by atoms with Crippen LogP contribution in [0, 0.1) is 0 Å². The van der Waals surface area contributed by atoms with E-state index in [1.807, 2.05) is 38.2 Å². The van der Waals surface area contributed by atoms with E-state index in [0.717, 1.165) is 11.4 Å². The summed E-state index contributed by atoms with van der Waals surface area (Å²) < 4.78 is 4.67. The minimum absolute atomic E-state index is 0.838. The molecule has 0 fully saturated rings. The molecule has 0 aromatic carbocycles. The number of nitrogens with one attached hydrogen (secondary N) is 1. The fraction of sp³-hybridized carbons (Fsp3) is 0.222. The number of hydrogen-bond acceptors (Lipinski definition) is 2. The maximum absolute atomic E-state index is 4.67. The van der Waals surface area contributed by atoms with Crippen molar-refractivity contribution >= 4 is 0 Å². The van der Waals surface area contributed by atoms with Crippen molar-refractivity contribution in [3.05, 3.63) is 30.7 Å². The molecule has 64 valence electrons. The van der Waals surface area contributed by atoms with Crippen LogP contribution >= 0.6 is 0 Å². The second-order valence-corrected chi connectivity index (χ2v) is 1.97. The van der Waals surface area contributed by atoms with Gasteiger partial charge in [-0.15, -0.1) is 0 Å². The third-order valence-electron chi connectivity index (χ3n) is 1.31. The lowest BCUT2D eigenvalue weighted by Crippen LogP contribution is -1.72. The minimum atomic E-state index is 0.838. The van der Waals surface area contributed by atoms with Crippen molar-refractivity contribution in [3.8, 4) is 11.4 Å². The molecule has 3 heteroatoms. The van der Waals surface area contributed by atoms with E-state index in [1.54, 1.807) is 6.26 Å². The number of aromatic nitrogens is 2. The molecule has 0 aliphatic rings. The normalized spacial score (nSPS) is 8.83. The number of aromatic amines is 1. The Hall–Kier alpha value is -1.51. The first-order valence-electron chi connectivity index (χ1n) is 4.01. The van der Waals surface area contributed by atoms with Gasteiger partial charge in [-0.3, -0.25) is 0 Å². The molecule has 2 heterocycles. The molecule has 0 amide bonds. The molecule has 1 N–H and O–H groups in total. The van der Waals surface area contributed by atoms with Gasteiger partial charge >= 0.3 is 0 Å². The average Bonchev–Trinajstić information content (AvgIpc) is 2.80. The van der Waals surface area contributed by atoms with E-state index in [9.17, 15) is 0 Å². The SMILES string of the molecule is CC.c1c[nH]c(-c2ccon2)c1. The first kappa shape index (κ1) is 8.59. The molecular weight excluding hydrogens is 152 g/mol. The Morgan fingerprint density at radius 2 is 2.17 bits per heavy atom. The summed E-state index contributed by atoms with van der Waals surface area (Å²) in [6.07, 6.45) is 3.40. The van der Waals surface area contributed by atoms with Crippen LogP contribution < -0.4 is 0 Å². The Morgan fingerprint density at radius 3 is 2.67 bits per heavy atom. The van der Waals surface area contributed by atoms with E-state index in [4.69, 9.17) is 0 Å². The van der Waals surface area contributed by atoms with Crippen LogP contribution in [0.2, 0.25) is 0 Å². The van der Waals surface area contributed by atoms with Gasteiger partial charge in [0.1, 0.15) is 12.0 Å². The standard InChI is InChI=1S/C7H6N2O.C2H6/c1-2-6(8-4-1)7-3-5-10-9-7;1-2/h1-5,8H;1-2H3. The predicted octanol–water partition coefficient (Wildman–Crippen LogP) is 2.70. The zero-order valence-electron chi connectivity index (χ0n) is 7.24. The van der Waals surface area contributed by atoms with E-state index in [2.05, 4.69) is 14.7 Å². The summed E-state index contributed by atoms with van der Waals surface area (Å²) in [6, 6.07) is 5.67. The molecule has 3 nitrogen and oxygen atoms in total. The van der Waals surface area contributed by atoms with Gasteiger partial charge in [0.25, 0.3) is 0 Å². The minimum Gasteiger partial charge on any atom is -0.364 e. The Balaban J connectivity index is 0.000000336. The van der Waals surface area contributed by atoms with Crippen molar-refractivity contribution in [1.29, 1.82) is 0 Å². The largest absolute Gasteiger partial charge is 0.364 e. The van der Waals surface area contributed by atoms with E-state index < -0.39 is 0 Å². The van der Waals surface area contributed by atoms with Crippen LogP contribution in [0.25, 0.3) is 11.4 Å². The maximum Gasteiger partial charge on any atom is 0.130 e. The third-order valence-corrected chi connectivity index (χ3v) is 1.31. The van der Waals surface area contributed by atoms with Gasteiger partial charge in [-0.05, 0) is 12.1 Å². The molecule has 0 saturated heterocycles. The molecule has 0 bridgehead atoms. The summed E-state index contributed by atoms with van der Waals surface area (Å²) in [7, 11) is 0. The van der Waals surface area contributed by atoms with Crippen LogP contribution in [0.1, 0.15) is 13.8 Å². The van der Waals surface area contributed by atoms with Gasteiger partial charge in [0.2, 0.25) is 0 Å². The monoisotopic (exact) mass is 164 g/mol. The molecule has 2 aromatic heterocycles. The predicted molar refractivity (Wildman–Crippen MR) is 47.6 cm³/mol. The number of hydrogen-bond donors (Lipinski definition) is 1. The quantitative estimate of drug-likeness (QED) is 0.704. The van der Waals surface area contributed by atoms with Crippen LogP contribution in [0.3, 0.4) is 0 Å². The van der Waals surface area contributed by atoms with Crippen molar-refractivity contribution in [2.24, 2.45) is 0 Å². The topological polar surface area (TPSA) is 41.8 Å². The molecule has 0 atom stereocenters. The van der Waals surface area contributed by atoms with Crippen molar-refractivity contribution in [1.82, 2.24) is 10.1 Å². The second kappa shape index (κ2) is 4.38. The molecule has 0 aliphatic carbocycles. The van der Waals surface area contributed by atoms with Crippen molar-refractivity contribution < 1.29 is 4.52 Å². The number of nitrogens with zero attached hydrogens (tertiary/aromatic N) is 1. The summed E-state index contributed by atoms with van der Waals surface area (Å²) in [5.41, 5.74) is 1.82. The Labute approximate surface area is 71.4 Å². The zero-order chi connectivity index (χ0) is 8.81. The lowest BCUT2D eigenvalue weighted by Gasteiger charge is -1.83. The van der Waals surface area contributed by atoms with Gasteiger partial charge in [0.05, 0.1) is 5.69 Å². The van der Waals surface area contributed by atoms with Gasteiger partial charge in [-0.1, -0.05) is 19.0 Å². The van der Waals surface area contributed by atoms with Crippen LogP contribution in [-0.2, 0) is 0 Å². The van der Waals surface area contributed by atoms with Gasteiger partial charge < -0.3 is 9.51 Å². The van der Waals surface area contributed by atoms with E-state index in [1.165, 1.54) is 0 Å². The highest BCUT2D eigenvalue weighted by Gasteiger charge is 1.98. The van der Waals surface area contributed by atoms with E-state index >= 15 is 0 Å². The van der Waals surface area contributed by atoms with E-state index in [-0.39, 0.29) is 0 Å². The summed E-state index contributed by atoms with van der Waals surface area (Å²) in [6.45, 7) is 4.00. The number of rotatable bonds is 1. The van der Waals surface area contributed by atoms with Crippen molar-refractivity contribution in [2.75, 3.05) is 0 Å². The Kier molecular flexibility index (Phi) is 3.14. The second-order valence-electron chi connectivity index (χ2n) is 1.97. The van der Waals surface area contributed by atoms with Crippen LogP contribution in [-0.4, -0.2) is 10.1 Å². The first-order valence-corrected chi connectivity index (χ1v) is 4.01. The number of H-pyrrole nitrogens is 1. The van der Waals surface area contributed by atoms with Gasteiger partial charge in [0, 0.05) is 12.3 Å². The fourth-order valence-electron chi connectivity index (χ4n) is 0.841. The maximum atomic E-state index is 4.67. The fourth-order valence-corrected chi connectivity index (χ4v) is 0.841. The van der Waals surface area contributed by atoms with E-state index in [0.29, 0.717) is 0 Å². The smallest absolute Gasteiger partial charge is 0.130 e. The molecule has 2 aromatic rings. The lowest BCUT2D eigenvalue weighted by atomic mass is 10.3.